The van der Waals surface area contributed by atoms with Gasteiger partial charge in [0.05, 0.1) is 4.90 Å². The lowest BCUT2D eigenvalue weighted by Gasteiger charge is -2.13. The van der Waals surface area contributed by atoms with E-state index >= 15 is 0 Å². The van der Waals surface area contributed by atoms with Crippen LogP contribution in [-0.4, -0.2) is 25.5 Å². The predicted molar refractivity (Wildman–Crippen MR) is 74.5 cm³/mol. The smallest absolute Gasteiger partial charge is 0.351 e. The normalized spacial score (nSPS) is 13.3. The van der Waals surface area contributed by atoms with Crippen LogP contribution in [0, 0.1) is 13.8 Å². The summed E-state index contributed by atoms with van der Waals surface area (Å²) in [6, 6.07) is 2.70. The maximum absolute atomic E-state index is 12.6. The van der Waals surface area contributed by atoms with Crippen molar-refractivity contribution in [1.82, 2.24) is 5.16 Å². The van der Waals surface area contributed by atoms with Gasteiger partial charge in [-0.1, -0.05) is 11.2 Å². The quantitative estimate of drug-likeness (QED) is 0.737. The van der Waals surface area contributed by atoms with E-state index in [9.17, 15) is 34.8 Å². The second kappa shape index (κ2) is 6.04. The Labute approximate surface area is 138 Å². The highest BCUT2D eigenvalue weighted by Crippen LogP contribution is 2.35. The van der Waals surface area contributed by atoms with Gasteiger partial charge in [0.15, 0.2) is 15.6 Å². The molecule has 2 aromatic rings. The van der Waals surface area contributed by atoms with Crippen LogP contribution in [0.1, 0.15) is 16.9 Å². The van der Waals surface area contributed by atoms with Gasteiger partial charge in [0.1, 0.15) is 5.69 Å². The van der Waals surface area contributed by atoms with Crippen LogP contribution in [0.2, 0.25) is 0 Å². The number of halogens is 6. The Kier molecular flexibility index (Phi) is 4.66. The first-order valence-electron chi connectivity index (χ1n) is 6.66. The van der Waals surface area contributed by atoms with Gasteiger partial charge in [0, 0.05) is 11.6 Å². The number of hydrogen-bond donors (Lipinski definition) is 0. The fourth-order valence-corrected chi connectivity index (χ4v) is 3.71. The second-order valence-corrected chi connectivity index (χ2v) is 7.34. The number of rotatable bonds is 3. The molecular weight excluding hydrogens is 376 g/mol. The standard InChI is InChI=1S/C14H11F6NO3S/c1-7-3-8(2)11(25(22,23)6-13(15,16)17)4-9(7)10-5-12(24-21-10)14(18,19)20/h3-5H,6H2,1-2H3. The van der Waals surface area contributed by atoms with Crippen molar-refractivity contribution in [2.24, 2.45) is 0 Å². The topological polar surface area (TPSA) is 60.2 Å². The number of hydrogen-bond acceptors (Lipinski definition) is 4. The zero-order chi connectivity index (χ0) is 19.2. The maximum Gasteiger partial charge on any atom is 0.452 e. The fourth-order valence-electron chi connectivity index (χ4n) is 2.27. The summed E-state index contributed by atoms with van der Waals surface area (Å²) in [5.41, 5.74) is -0.00518. The van der Waals surface area contributed by atoms with E-state index in [1.165, 1.54) is 19.9 Å². The van der Waals surface area contributed by atoms with E-state index in [1.807, 2.05) is 0 Å². The van der Waals surface area contributed by atoms with Crippen LogP contribution in [0.15, 0.2) is 27.6 Å². The van der Waals surface area contributed by atoms with Crippen LogP contribution >= 0.6 is 0 Å². The molecule has 1 aromatic carbocycles. The summed E-state index contributed by atoms with van der Waals surface area (Å²) in [5, 5.41) is 3.23. The Hall–Kier alpha value is -2.04. The van der Waals surface area contributed by atoms with Crippen LogP contribution in [0.25, 0.3) is 11.3 Å². The zero-order valence-electron chi connectivity index (χ0n) is 12.8. The van der Waals surface area contributed by atoms with E-state index in [4.69, 9.17) is 0 Å². The number of aryl methyl sites for hydroxylation is 2. The predicted octanol–water partition coefficient (Wildman–Crippen LogP) is 4.31. The first-order valence-corrected chi connectivity index (χ1v) is 8.31. The molecule has 0 atom stereocenters. The minimum absolute atomic E-state index is 0.0463. The highest BCUT2D eigenvalue weighted by molar-refractivity contribution is 7.91. The molecule has 0 radical (unpaired) electrons. The van der Waals surface area contributed by atoms with Gasteiger partial charge in [-0.05, 0) is 31.0 Å². The second-order valence-electron chi connectivity index (χ2n) is 5.38. The van der Waals surface area contributed by atoms with Gasteiger partial charge in [-0.15, -0.1) is 0 Å². The molecule has 0 aliphatic rings. The van der Waals surface area contributed by atoms with Gasteiger partial charge >= 0.3 is 12.4 Å². The maximum atomic E-state index is 12.6. The minimum Gasteiger partial charge on any atom is -0.351 e. The molecule has 0 aliphatic carbocycles. The van der Waals surface area contributed by atoms with Crippen LogP contribution in [0.4, 0.5) is 26.3 Å². The van der Waals surface area contributed by atoms with Crippen molar-refractivity contribution < 1.29 is 39.3 Å². The Morgan fingerprint density at radius 2 is 1.60 bits per heavy atom. The van der Waals surface area contributed by atoms with Crippen molar-refractivity contribution in [2.45, 2.75) is 31.1 Å². The van der Waals surface area contributed by atoms with Crippen LogP contribution in [0.3, 0.4) is 0 Å². The summed E-state index contributed by atoms with van der Waals surface area (Å²) in [6.07, 6.45) is -9.75. The minimum atomic E-state index is -4.95. The van der Waals surface area contributed by atoms with Crippen LogP contribution in [-0.2, 0) is 16.0 Å². The molecule has 0 spiro atoms. The summed E-state index contributed by atoms with van der Waals surface area (Å²) in [6.45, 7) is 2.76. The van der Waals surface area contributed by atoms with Crippen molar-refractivity contribution in [1.29, 1.82) is 0 Å². The van der Waals surface area contributed by atoms with Gasteiger partial charge in [-0.2, -0.15) is 26.3 Å². The number of sulfone groups is 1. The highest BCUT2D eigenvalue weighted by Gasteiger charge is 2.38. The number of nitrogens with zero attached hydrogens (tertiary/aromatic N) is 1. The average Bonchev–Trinajstić information content (AvgIpc) is 2.84. The van der Waals surface area contributed by atoms with Crippen molar-refractivity contribution >= 4 is 9.84 Å². The molecule has 1 aromatic heterocycles. The molecule has 11 heteroatoms. The first kappa shape index (κ1) is 19.3. The number of benzene rings is 1. The Balaban J connectivity index is 2.57. The van der Waals surface area contributed by atoms with Gasteiger partial charge in [0.2, 0.25) is 5.76 Å². The largest absolute Gasteiger partial charge is 0.452 e. The first-order chi connectivity index (χ1) is 11.2. The molecule has 0 fully saturated rings. The lowest BCUT2D eigenvalue weighted by atomic mass is 10.0. The molecule has 4 nitrogen and oxygen atoms in total. The molecule has 2 rings (SSSR count). The molecule has 138 valence electrons. The molecule has 0 aliphatic heterocycles. The third-order valence-corrected chi connectivity index (χ3v) is 5.09. The SMILES string of the molecule is Cc1cc(C)c(S(=O)(=O)CC(F)(F)F)cc1-c1cc(C(F)(F)F)on1. The molecule has 1 heterocycles. The van der Waals surface area contributed by atoms with Crippen molar-refractivity contribution in [3.05, 3.63) is 35.1 Å². The van der Waals surface area contributed by atoms with Crippen LogP contribution in [0.5, 0.6) is 0 Å². The highest BCUT2D eigenvalue weighted by atomic mass is 32.2. The molecule has 0 bridgehead atoms. The average molecular weight is 387 g/mol. The van der Waals surface area contributed by atoms with Crippen molar-refractivity contribution in [3.63, 3.8) is 0 Å². The van der Waals surface area contributed by atoms with Crippen molar-refractivity contribution in [3.8, 4) is 11.3 Å². The summed E-state index contributed by atoms with van der Waals surface area (Å²) in [5.74, 6) is -3.47. The third-order valence-electron chi connectivity index (χ3n) is 3.28. The molecular formula is C14H11F6NO3S. The summed E-state index contributed by atoms with van der Waals surface area (Å²) >= 11 is 0. The monoisotopic (exact) mass is 387 g/mol. The van der Waals surface area contributed by atoms with Gasteiger partial charge in [0.25, 0.3) is 0 Å². The summed E-state index contributed by atoms with van der Waals surface area (Å²) in [4.78, 5) is -0.623. The Morgan fingerprint density at radius 3 is 2.08 bits per heavy atom. The van der Waals surface area contributed by atoms with E-state index in [0.717, 1.165) is 6.07 Å². The van der Waals surface area contributed by atoms with Crippen LogP contribution < -0.4 is 0 Å². The summed E-state index contributed by atoms with van der Waals surface area (Å²) in [7, 11) is -4.72. The van der Waals surface area contributed by atoms with Gasteiger partial charge < -0.3 is 4.52 Å². The molecule has 0 saturated heterocycles. The molecule has 0 N–H and O–H groups in total. The lowest BCUT2D eigenvalue weighted by molar-refractivity contribution is -0.155. The molecule has 0 saturated carbocycles. The zero-order valence-corrected chi connectivity index (χ0v) is 13.6. The van der Waals surface area contributed by atoms with E-state index in [0.29, 0.717) is 11.6 Å². The summed E-state index contributed by atoms with van der Waals surface area (Å²) < 4.78 is 103. The number of aromatic nitrogens is 1. The van der Waals surface area contributed by atoms with Gasteiger partial charge in [-0.25, -0.2) is 8.42 Å². The van der Waals surface area contributed by atoms with E-state index in [2.05, 4.69) is 9.68 Å². The Morgan fingerprint density at radius 1 is 1.00 bits per heavy atom. The lowest BCUT2D eigenvalue weighted by Crippen LogP contribution is -2.23. The van der Waals surface area contributed by atoms with Gasteiger partial charge in [-0.3, -0.25) is 0 Å². The van der Waals surface area contributed by atoms with E-state index in [-0.39, 0.29) is 16.8 Å². The van der Waals surface area contributed by atoms with Crippen molar-refractivity contribution in [2.75, 3.05) is 5.75 Å². The fraction of sp³-hybridized carbons (Fsp3) is 0.357. The number of alkyl halides is 6. The molecule has 25 heavy (non-hydrogen) atoms. The molecule has 0 unspecified atom stereocenters. The Bertz CT molecular complexity index is 896. The third kappa shape index (κ3) is 4.33. The van der Waals surface area contributed by atoms with E-state index in [1.54, 1.807) is 0 Å². The molecule has 0 amide bonds. The van der Waals surface area contributed by atoms with E-state index < -0.39 is 38.6 Å².